The van der Waals surface area contributed by atoms with Gasteiger partial charge in [-0.05, 0) is 37.9 Å². The lowest BCUT2D eigenvalue weighted by Crippen LogP contribution is -2.46. The van der Waals surface area contributed by atoms with E-state index in [1.807, 2.05) is 0 Å². The minimum atomic E-state index is -0.0857. The van der Waals surface area contributed by atoms with E-state index < -0.39 is 0 Å². The fourth-order valence-corrected chi connectivity index (χ4v) is 3.20. The van der Waals surface area contributed by atoms with Crippen molar-refractivity contribution in [3.63, 3.8) is 0 Å². The van der Waals surface area contributed by atoms with Gasteiger partial charge in [-0.3, -0.25) is 9.69 Å². The van der Waals surface area contributed by atoms with E-state index in [1.165, 1.54) is 32.0 Å². The van der Waals surface area contributed by atoms with Gasteiger partial charge in [0, 0.05) is 18.6 Å². The largest absolute Gasteiger partial charge is 0.397 e. The number of hydrogen-bond donors (Lipinski definition) is 2. The standard InChI is InChI=1S/C14H20N4O/c15-10-4-5-12(16-9-10)14(19)17-11-6-8-18-7-2-1-3-13(11)18/h4-5,9,11,13H,1-3,6-8,15H2,(H,17,19). The van der Waals surface area contributed by atoms with Crippen molar-refractivity contribution in [2.45, 2.75) is 37.8 Å². The average molecular weight is 260 g/mol. The molecule has 5 nitrogen and oxygen atoms in total. The third-order valence-electron chi connectivity index (χ3n) is 4.19. The molecule has 1 amide bonds. The number of nitrogens with one attached hydrogen (secondary N) is 1. The summed E-state index contributed by atoms with van der Waals surface area (Å²) in [6.07, 6.45) is 6.33. The molecule has 2 aliphatic heterocycles. The summed E-state index contributed by atoms with van der Waals surface area (Å²) in [4.78, 5) is 18.7. The number of carbonyl (C=O) groups excluding carboxylic acids is 1. The zero-order valence-electron chi connectivity index (χ0n) is 11.0. The van der Waals surface area contributed by atoms with E-state index in [4.69, 9.17) is 5.73 Å². The van der Waals surface area contributed by atoms with Crippen LogP contribution in [-0.2, 0) is 0 Å². The van der Waals surface area contributed by atoms with Crippen molar-refractivity contribution in [3.8, 4) is 0 Å². The molecule has 2 aliphatic rings. The van der Waals surface area contributed by atoms with Crippen LogP contribution < -0.4 is 11.1 Å². The lowest BCUT2D eigenvalue weighted by Gasteiger charge is -2.32. The van der Waals surface area contributed by atoms with Crippen molar-refractivity contribution in [2.24, 2.45) is 0 Å². The number of anilines is 1. The van der Waals surface area contributed by atoms with Gasteiger partial charge in [-0.25, -0.2) is 4.98 Å². The topological polar surface area (TPSA) is 71.2 Å². The second-order valence-electron chi connectivity index (χ2n) is 5.44. The van der Waals surface area contributed by atoms with Crippen LogP contribution in [0.5, 0.6) is 0 Å². The number of nitrogen functional groups attached to an aromatic ring is 1. The number of nitrogens with zero attached hydrogens (tertiary/aromatic N) is 2. The number of amides is 1. The smallest absolute Gasteiger partial charge is 0.270 e. The second-order valence-corrected chi connectivity index (χ2v) is 5.44. The molecule has 19 heavy (non-hydrogen) atoms. The minimum absolute atomic E-state index is 0.0857. The molecule has 0 bridgehead atoms. The predicted octanol–water partition coefficient (Wildman–Crippen LogP) is 1.02. The van der Waals surface area contributed by atoms with Gasteiger partial charge in [0.05, 0.1) is 11.9 Å². The molecule has 3 rings (SSSR count). The highest BCUT2D eigenvalue weighted by atomic mass is 16.2. The SMILES string of the molecule is Nc1ccc(C(=O)NC2CCN3CCCCC23)nc1. The molecule has 2 saturated heterocycles. The minimum Gasteiger partial charge on any atom is -0.397 e. The molecule has 0 spiro atoms. The first-order valence-corrected chi connectivity index (χ1v) is 7.00. The van der Waals surface area contributed by atoms with E-state index in [-0.39, 0.29) is 11.9 Å². The number of pyridine rings is 1. The molecule has 0 aromatic carbocycles. The lowest BCUT2D eigenvalue weighted by atomic mass is 9.99. The van der Waals surface area contributed by atoms with Crippen LogP contribution in [-0.4, -0.2) is 41.0 Å². The Morgan fingerprint density at radius 1 is 1.32 bits per heavy atom. The molecule has 0 radical (unpaired) electrons. The van der Waals surface area contributed by atoms with Gasteiger partial charge >= 0.3 is 0 Å². The first-order valence-electron chi connectivity index (χ1n) is 7.00. The molecule has 1 aromatic heterocycles. The molecule has 2 unspecified atom stereocenters. The lowest BCUT2D eigenvalue weighted by molar-refractivity contribution is 0.0910. The summed E-state index contributed by atoms with van der Waals surface area (Å²) in [6, 6.07) is 4.18. The molecule has 0 aliphatic carbocycles. The van der Waals surface area contributed by atoms with Crippen molar-refractivity contribution >= 4 is 11.6 Å². The van der Waals surface area contributed by atoms with Crippen LogP contribution in [0.3, 0.4) is 0 Å². The fourth-order valence-electron chi connectivity index (χ4n) is 3.20. The number of hydrogen-bond acceptors (Lipinski definition) is 4. The average Bonchev–Trinajstić information content (AvgIpc) is 2.83. The molecule has 1 aromatic rings. The van der Waals surface area contributed by atoms with E-state index in [1.54, 1.807) is 12.1 Å². The molecule has 2 fully saturated rings. The van der Waals surface area contributed by atoms with E-state index in [9.17, 15) is 4.79 Å². The summed E-state index contributed by atoms with van der Waals surface area (Å²) in [5.74, 6) is -0.0857. The third kappa shape index (κ3) is 2.56. The summed E-state index contributed by atoms with van der Waals surface area (Å²) < 4.78 is 0. The number of rotatable bonds is 2. The van der Waals surface area contributed by atoms with Gasteiger partial charge in [-0.15, -0.1) is 0 Å². The quantitative estimate of drug-likeness (QED) is 0.833. The Kier molecular flexibility index (Phi) is 3.38. The van der Waals surface area contributed by atoms with E-state index >= 15 is 0 Å². The van der Waals surface area contributed by atoms with E-state index in [0.29, 0.717) is 17.4 Å². The van der Waals surface area contributed by atoms with Crippen LogP contribution in [0.1, 0.15) is 36.2 Å². The number of piperidine rings is 1. The van der Waals surface area contributed by atoms with Crippen LogP contribution >= 0.6 is 0 Å². The van der Waals surface area contributed by atoms with Crippen LogP contribution in [0.4, 0.5) is 5.69 Å². The number of fused-ring (bicyclic) bond motifs is 1. The van der Waals surface area contributed by atoms with Gasteiger partial charge in [0.25, 0.3) is 5.91 Å². The maximum atomic E-state index is 12.2. The molecular weight excluding hydrogens is 240 g/mol. The highest BCUT2D eigenvalue weighted by Gasteiger charge is 2.36. The monoisotopic (exact) mass is 260 g/mol. The van der Waals surface area contributed by atoms with Crippen LogP contribution in [0.25, 0.3) is 0 Å². The summed E-state index contributed by atoms with van der Waals surface area (Å²) in [5.41, 5.74) is 6.60. The summed E-state index contributed by atoms with van der Waals surface area (Å²) in [5, 5.41) is 3.13. The van der Waals surface area contributed by atoms with Gasteiger partial charge in [0.2, 0.25) is 0 Å². The molecule has 102 valence electrons. The Hall–Kier alpha value is -1.62. The summed E-state index contributed by atoms with van der Waals surface area (Å²) in [6.45, 7) is 2.28. The maximum Gasteiger partial charge on any atom is 0.270 e. The normalized spacial score (nSPS) is 26.9. The first-order chi connectivity index (χ1) is 9.24. The van der Waals surface area contributed by atoms with Gasteiger partial charge in [-0.2, -0.15) is 0 Å². The van der Waals surface area contributed by atoms with Crippen LogP contribution in [0, 0.1) is 0 Å². The second kappa shape index (κ2) is 5.17. The number of aromatic nitrogens is 1. The van der Waals surface area contributed by atoms with E-state index in [2.05, 4.69) is 15.2 Å². The third-order valence-corrected chi connectivity index (χ3v) is 4.19. The predicted molar refractivity (Wildman–Crippen MR) is 73.7 cm³/mol. The molecule has 2 atom stereocenters. The van der Waals surface area contributed by atoms with Crippen LogP contribution in [0.2, 0.25) is 0 Å². The fraction of sp³-hybridized carbons (Fsp3) is 0.571. The number of carbonyl (C=O) groups is 1. The Morgan fingerprint density at radius 2 is 2.21 bits per heavy atom. The maximum absolute atomic E-state index is 12.2. The highest BCUT2D eigenvalue weighted by Crippen LogP contribution is 2.27. The van der Waals surface area contributed by atoms with Gasteiger partial charge in [-0.1, -0.05) is 6.42 Å². The van der Waals surface area contributed by atoms with Crippen molar-refractivity contribution < 1.29 is 4.79 Å². The Labute approximate surface area is 113 Å². The molecule has 3 heterocycles. The van der Waals surface area contributed by atoms with Crippen molar-refractivity contribution in [2.75, 3.05) is 18.8 Å². The van der Waals surface area contributed by atoms with Crippen LogP contribution in [0.15, 0.2) is 18.3 Å². The molecule has 0 saturated carbocycles. The zero-order chi connectivity index (χ0) is 13.2. The Morgan fingerprint density at radius 3 is 3.00 bits per heavy atom. The van der Waals surface area contributed by atoms with Gasteiger partial charge < -0.3 is 11.1 Å². The first kappa shape index (κ1) is 12.4. The van der Waals surface area contributed by atoms with Crippen molar-refractivity contribution in [1.29, 1.82) is 0 Å². The number of nitrogens with two attached hydrogens (primary N) is 1. The summed E-state index contributed by atoms with van der Waals surface area (Å²) in [7, 11) is 0. The Bertz CT molecular complexity index is 459. The van der Waals surface area contributed by atoms with Gasteiger partial charge in [0.15, 0.2) is 0 Å². The van der Waals surface area contributed by atoms with Crippen molar-refractivity contribution in [1.82, 2.24) is 15.2 Å². The zero-order valence-corrected chi connectivity index (χ0v) is 11.0. The van der Waals surface area contributed by atoms with Crippen molar-refractivity contribution in [3.05, 3.63) is 24.0 Å². The molecular formula is C14H20N4O. The van der Waals surface area contributed by atoms with E-state index in [0.717, 1.165) is 13.0 Å². The molecule has 5 heteroatoms. The highest BCUT2D eigenvalue weighted by molar-refractivity contribution is 5.92. The Balaban J connectivity index is 1.65. The van der Waals surface area contributed by atoms with Gasteiger partial charge in [0.1, 0.15) is 5.69 Å². The molecule has 3 N–H and O–H groups in total. The summed E-state index contributed by atoms with van der Waals surface area (Å²) >= 11 is 0.